The molecule has 0 saturated carbocycles. The Balaban J connectivity index is 0.00000225. The maximum atomic E-state index is 9.27. The van der Waals surface area contributed by atoms with Crippen LogP contribution in [0.1, 0.15) is 5.69 Å². The van der Waals surface area contributed by atoms with E-state index in [2.05, 4.69) is 20.8 Å². The van der Waals surface area contributed by atoms with E-state index in [4.69, 9.17) is 5.41 Å². The average Bonchev–Trinajstić information content (AvgIpc) is 2.63. The number of nitrogens with zero attached hydrogens (tertiary/aromatic N) is 1. The highest BCUT2D eigenvalue weighted by atomic mass is 35.5. The van der Waals surface area contributed by atoms with Gasteiger partial charge in [0.15, 0.2) is 11.7 Å². The van der Waals surface area contributed by atoms with Gasteiger partial charge in [0, 0.05) is 25.1 Å². The molecule has 6 nitrogen and oxygen atoms in total. The van der Waals surface area contributed by atoms with Crippen LogP contribution in [0.15, 0.2) is 6.20 Å². The zero-order valence-corrected chi connectivity index (χ0v) is 10.5. The molecule has 1 aromatic heterocycles. The van der Waals surface area contributed by atoms with Gasteiger partial charge in [-0.25, -0.2) is 0 Å². The Bertz CT molecular complexity index is 319. The van der Waals surface area contributed by atoms with Crippen molar-refractivity contribution in [3.05, 3.63) is 11.9 Å². The van der Waals surface area contributed by atoms with Crippen LogP contribution in [0.25, 0.3) is 0 Å². The number of H-pyrrole nitrogens is 1. The van der Waals surface area contributed by atoms with E-state index in [0.717, 1.165) is 12.3 Å². The largest absolute Gasteiger partial charge is 0.504 e. The summed E-state index contributed by atoms with van der Waals surface area (Å²) in [5, 5.41) is 28.6. The summed E-state index contributed by atoms with van der Waals surface area (Å²) >= 11 is 1.65. The zero-order chi connectivity index (χ0) is 11.1. The summed E-state index contributed by atoms with van der Waals surface area (Å²) in [7, 11) is 1.70. The van der Waals surface area contributed by atoms with Crippen LogP contribution in [0.2, 0.25) is 0 Å². The van der Waals surface area contributed by atoms with Crippen molar-refractivity contribution in [1.29, 1.82) is 5.41 Å². The number of hydrogen-bond acceptors (Lipinski definition) is 4. The Morgan fingerprint density at radius 2 is 2.44 bits per heavy atom. The number of guanidine groups is 1. The number of aromatic nitrogens is 2. The number of hydrogen-bond donors (Lipinski definition) is 5. The van der Waals surface area contributed by atoms with E-state index in [-0.39, 0.29) is 18.2 Å². The van der Waals surface area contributed by atoms with Crippen molar-refractivity contribution in [3.8, 4) is 5.75 Å². The molecule has 0 atom stereocenters. The third-order valence-electron chi connectivity index (χ3n) is 1.73. The van der Waals surface area contributed by atoms with Crippen molar-refractivity contribution in [2.24, 2.45) is 0 Å². The van der Waals surface area contributed by atoms with E-state index in [1.165, 1.54) is 6.20 Å². The number of thioether (sulfide) groups is 1. The van der Waals surface area contributed by atoms with E-state index in [0.29, 0.717) is 17.4 Å². The maximum absolute atomic E-state index is 9.27. The lowest BCUT2D eigenvalue weighted by Gasteiger charge is -2.05. The first-order valence-corrected chi connectivity index (χ1v) is 5.69. The SMILES string of the molecule is CNC(=N)NCCSCc1n[nH]cc1O.Cl. The maximum Gasteiger partial charge on any atom is 0.188 e. The third-order valence-corrected chi connectivity index (χ3v) is 2.70. The molecule has 0 aromatic carbocycles. The predicted molar refractivity (Wildman–Crippen MR) is 68.5 cm³/mol. The molecule has 0 fully saturated rings. The van der Waals surface area contributed by atoms with Crippen molar-refractivity contribution >= 4 is 30.1 Å². The van der Waals surface area contributed by atoms with Gasteiger partial charge in [0.25, 0.3) is 0 Å². The second kappa shape index (κ2) is 8.12. The molecule has 0 amide bonds. The smallest absolute Gasteiger partial charge is 0.188 e. The monoisotopic (exact) mass is 265 g/mol. The predicted octanol–water partition coefficient (Wildman–Crippen LogP) is 0.514. The molecule has 16 heavy (non-hydrogen) atoms. The zero-order valence-electron chi connectivity index (χ0n) is 8.91. The first-order valence-electron chi connectivity index (χ1n) is 4.53. The number of rotatable bonds is 5. The van der Waals surface area contributed by atoms with Gasteiger partial charge in [-0.3, -0.25) is 10.5 Å². The first kappa shape index (κ1) is 14.9. The molecular formula is C8H16ClN5OS. The minimum atomic E-state index is 0. The van der Waals surface area contributed by atoms with Crippen molar-refractivity contribution in [3.63, 3.8) is 0 Å². The fourth-order valence-corrected chi connectivity index (χ4v) is 1.72. The number of aromatic hydroxyl groups is 1. The van der Waals surface area contributed by atoms with E-state index in [1.807, 2.05) is 0 Å². The highest BCUT2D eigenvalue weighted by Crippen LogP contribution is 2.18. The van der Waals surface area contributed by atoms with Gasteiger partial charge in [-0.1, -0.05) is 0 Å². The van der Waals surface area contributed by atoms with E-state index in [9.17, 15) is 5.11 Å². The highest BCUT2D eigenvalue weighted by Gasteiger charge is 2.02. The standard InChI is InChI=1S/C8H15N5OS.ClH/c1-10-8(9)11-2-3-15-5-6-7(14)4-12-13-6;/h4,14H,2-3,5H2,1H3,(H,12,13)(H3,9,10,11);1H. The average molecular weight is 266 g/mol. The van der Waals surface area contributed by atoms with E-state index >= 15 is 0 Å². The summed E-state index contributed by atoms with van der Waals surface area (Å²) < 4.78 is 0. The number of aromatic amines is 1. The van der Waals surface area contributed by atoms with Crippen LogP contribution in [0.5, 0.6) is 5.75 Å². The van der Waals surface area contributed by atoms with Gasteiger partial charge < -0.3 is 15.7 Å². The van der Waals surface area contributed by atoms with Gasteiger partial charge in [0.1, 0.15) is 5.69 Å². The molecule has 0 radical (unpaired) electrons. The molecule has 0 saturated heterocycles. The highest BCUT2D eigenvalue weighted by molar-refractivity contribution is 7.98. The first-order chi connectivity index (χ1) is 7.24. The van der Waals surface area contributed by atoms with Crippen LogP contribution >= 0.6 is 24.2 Å². The van der Waals surface area contributed by atoms with Crippen LogP contribution in [0.4, 0.5) is 0 Å². The minimum absolute atomic E-state index is 0. The van der Waals surface area contributed by atoms with Crippen LogP contribution in [0, 0.1) is 5.41 Å². The summed E-state index contributed by atoms with van der Waals surface area (Å²) in [5.41, 5.74) is 0.670. The Morgan fingerprint density at radius 1 is 1.69 bits per heavy atom. The lowest BCUT2D eigenvalue weighted by atomic mass is 10.5. The van der Waals surface area contributed by atoms with Crippen molar-refractivity contribution < 1.29 is 5.11 Å². The number of nitrogens with one attached hydrogen (secondary N) is 4. The van der Waals surface area contributed by atoms with Gasteiger partial charge in [0.2, 0.25) is 0 Å². The fourth-order valence-electron chi connectivity index (χ4n) is 0.924. The molecule has 1 aromatic rings. The van der Waals surface area contributed by atoms with E-state index < -0.39 is 0 Å². The molecule has 0 bridgehead atoms. The Morgan fingerprint density at radius 3 is 3.00 bits per heavy atom. The van der Waals surface area contributed by atoms with Gasteiger partial charge in [0.05, 0.1) is 6.20 Å². The van der Waals surface area contributed by atoms with Crippen LogP contribution in [0.3, 0.4) is 0 Å². The molecule has 0 unspecified atom stereocenters. The van der Waals surface area contributed by atoms with Crippen LogP contribution < -0.4 is 10.6 Å². The topological polar surface area (TPSA) is 96.8 Å². The second-order valence-electron chi connectivity index (χ2n) is 2.82. The molecule has 1 heterocycles. The van der Waals surface area contributed by atoms with Gasteiger partial charge >= 0.3 is 0 Å². The van der Waals surface area contributed by atoms with Crippen molar-refractivity contribution in [2.75, 3.05) is 19.3 Å². The molecule has 0 aliphatic rings. The van der Waals surface area contributed by atoms with Crippen molar-refractivity contribution in [1.82, 2.24) is 20.8 Å². The molecule has 5 N–H and O–H groups in total. The van der Waals surface area contributed by atoms with Crippen LogP contribution in [-0.4, -0.2) is 40.6 Å². The summed E-state index contributed by atoms with van der Waals surface area (Å²) in [5.74, 6) is 2.05. The molecule has 92 valence electrons. The second-order valence-corrected chi connectivity index (χ2v) is 3.93. The summed E-state index contributed by atoms with van der Waals surface area (Å²) in [6.07, 6.45) is 1.46. The Hall–Kier alpha value is -1.08. The number of halogens is 1. The summed E-state index contributed by atoms with van der Waals surface area (Å²) in [6, 6.07) is 0. The van der Waals surface area contributed by atoms with E-state index in [1.54, 1.807) is 18.8 Å². The molecule has 1 rings (SSSR count). The third kappa shape index (κ3) is 5.13. The fraction of sp³-hybridized carbons (Fsp3) is 0.500. The summed E-state index contributed by atoms with van der Waals surface area (Å²) in [6.45, 7) is 0.718. The lowest BCUT2D eigenvalue weighted by Crippen LogP contribution is -2.34. The van der Waals surface area contributed by atoms with Crippen molar-refractivity contribution in [2.45, 2.75) is 5.75 Å². The molecular weight excluding hydrogens is 250 g/mol. The molecule has 0 aliphatic heterocycles. The Labute approximate surface area is 105 Å². The van der Waals surface area contributed by atoms with Crippen LogP contribution in [-0.2, 0) is 5.75 Å². The van der Waals surface area contributed by atoms with Gasteiger partial charge in [-0.15, -0.1) is 12.4 Å². The molecule has 8 heteroatoms. The quantitative estimate of drug-likeness (QED) is 0.304. The summed E-state index contributed by atoms with van der Waals surface area (Å²) in [4.78, 5) is 0. The normalized spacial score (nSPS) is 9.31. The van der Waals surface area contributed by atoms with Gasteiger partial charge in [-0.05, 0) is 0 Å². The molecule has 0 spiro atoms. The minimum Gasteiger partial charge on any atom is -0.504 e. The molecule has 0 aliphatic carbocycles. The Kier molecular flexibility index (Phi) is 7.57. The lowest BCUT2D eigenvalue weighted by molar-refractivity contribution is 0.471. The van der Waals surface area contributed by atoms with Gasteiger partial charge in [-0.2, -0.15) is 16.9 Å².